The number of carbonyl (C=O) groups is 3. The Morgan fingerprint density at radius 2 is 0.486 bits per heavy atom. The molecule has 0 radical (unpaired) electrons. The fourth-order valence-corrected chi connectivity index (χ4v) is 9.98. The standard InChI is InChI=1S/C68H126O6/c1-4-7-10-13-16-19-22-25-28-31-34-37-40-43-46-49-52-55-58-61-67(70)73-64-65(63-72-66(69)60-57-54-51-48-45-42-39-36-33-30-27-24-21-18-15-12-9-6-3)74-68(71)62-59-56-53-50-47-44-41-38-35-32-29-26-23-20-17-14-11-8-5-2/h24,27,30,33,36,39,65H,4-23,25-26,28-29,31-32,34-35,37-38,40-64H2,1-3H3/b27-24-,33-30-,39-36-. The van der Waals surface area contributed by atoms with Gasteiger partial charge in [-0.25, -0.2) is 0 Å². The van der Waals surface area contributed by atoms with Crippen molar-refractivity contribution in [2.75, 3.05) is 13.2 Å². The molecule has 0 aliphatic heterocycles. The topological polar surface area (TPSA) is 78.9 Å². The van der Waals surface area contributed by atoms with E-state index in [9.17, 15) is 14.4 Å². The smallest absolute Gasteiger partial charge is 0.306 e. The van der Waals surface area contributed by atoms with Gasteiger partial charge in [0.25, 0.3) is 0 Å². The lowest BCUT2D eigenvalue weighted by atomic mass is 10.0. The van der Waals surface area contributed by atoms with E-state index in [0.717, 1.165) is 77.0 Å². The predicted molar refractivity (Wildman–Crippen MR) is 321 cm³/mol. The van der Waals surface area contributed by atoms with Gasteiger partial charge in [0, 0.05) is 19.3 Å². The minimum atomic E-state index is -0.778. The van der Waals surface area contributed by atoms with Crippen LogP contribution in [0.1, 0.15) is 361 Å². The zero-order chi connectivity index (χ0) is 53.6. The Morgan fingerprint density at radius 1 is 0.270 bits per heavy atom. The molecular formula is C68H126O6. The third kappa shape index (κ3) is 60.5. The number of hydrogen-bond donors (Lipinski definition) is 0. The third-order valence-corrected chi connectivity index (χ3v) is 15.0. The van der Waals surface area contributed by atoms with Crippen LogP contribution >= 0.6 is 0 Å². The summed E-state index contributed by atoms with van der Waals surface area (Å²) in [5.41, 5.74) is 0. The molecule has 0 aromatic carbocycles. The van der Waals surface area contributed by atoms with Gasteiger partial charge in [-0.05, 0) is 44.9 Å². The molecule has 0 bridgehead atoms. The monoisotopic (exact) mass is 1040 g/mol. The zero-order valence-electron chi connectivity index (χ0n) is 49.9. The van der Waals surface area contributed by atoms with Crippen molar-refractivity contribution in [1.29, 1.82) is 0 Å². The number of rotatable bonds is 61. The van der Waals surface area contributed by atoms with Gasteiger partial charge in [-0.2, -0.15) is 0 Å². The van der Waals surface area contributed by atoms with Gasteiger partial charge >= 0.3 is 17.9 Å². The maximum absolute atomic E-state index is 12.9. The van der Waals surface area contributed by atoms with E-state index in [-0.39, 0.29) is 31.1 Å². The van der Waals surface area contributed by atoms with Crippen molar-refractivity contribution < 1.29 is 28.6 Å². The van der Waals surface area contributed by atoms with E-state index >= 15 is 0 Å². The van der Waals surface area contributed by atoms with E-state index in [1.165, 1.54) is 244 Å². The van der Waals surface area contributed by atoms with Crippen LogP contribution < -0.4 is 0 Å². The molecule has 6 nitrogen and oxygen atoms in total. The lowest BCUT2D eigenvalue weighted by Gasteiger charge is -2.18. The molecule has 0 rings (SSSR count). The molecule has 0 amide bonds. The quantitative estimate of drug-likeness (QED) is 0.0261. The number of carbonyl (C=O) groups excluding carboxylic acids is 3. The Balaban J connectivity index is 4.35. The van der Waals surface area contributed by atoms with Crippen LogP contribution in [0.4, 0.5) is 0 Å². The van der Waals surface area contributed by atoms with Crippen LogP contribution in [0, 0.1) is 0 Å². The number of unbranched alkanes of at least 4 members (excludes halogenated alkanes) is 46. The highest BCUT2D eigenvalue weighted by Crippen LogP contribution is 2.18. The van der Waals surface area contributed by atoms with Gasteiger partial charge in [-0.1, -0.05) is 333 Å². The highest BCUT2D eigenvalue weighted by Gasteiger charge is 2.19. The van der Waals surface area contributed by atoms with Crippen molar-refractivity contribution in [3.05, 3.63) is 36.5 Å². The molecule has 6 heteroatoms. The molecule has 434 valence electrons. The van der Waals surface area contributed by atoms with Crippen LogP contribution in [0.3, 0.4) is 0 Å². The molecule has 0 aromatic rings. The molecule has 0 aliphatic carbocycles. The molecule has 1 unspecified atom stereocenters. The number of ether oxygens (including phenoxy) is 3. The van der Waals surface area contributed by atoms with Crippen molar-refractivity contribution in [3.63, 3.8) is 0 Å². The molecule has 0 N–H and O–H groups in total. The summed E-state index contributed by atoms with van der Waals surface area (Å²) in [5.74, 6) is -0.865. The Bertz CT molecular complexity index is 1240. The summed E-state index contributed by atoms with van der Waals surface area (Å²) in [5, 5.41) is 0. The Labute approximate surface area is 461 Å². The first-order valence-corrected chi connectivity index (χ1v) is 33.0. The SMILES string of the molecule is CCCCCCC\C=C/C=C\C=C/CCCCCCCC(=O)OCC(COC(=O)CCCCCCCCCCCCCCCCCCCCC)OC(=O)CCCCCCCCCCCCCCCCCCCCC. The van der Waals surface area contributed by atoms with Gasteiger partial charge in [0.2, 0.25) is 0 Å². The van der Waals surface area contributed by atoms with Crippen LogP contribution in [0.5, 0.6) is 0 Å². The minimum absolute atomic E-state index is 0.0731. The molecule has 0 heterocycles. The molecule has 0 aliphatic rings. The third-order valence-electron chi connectivity index (χ3n) is 15.0. The molecule has 74 heavy (non-hydrogen) atoms. The summed E-state index contributed by atoms with van der Waals surface area (Å²) in [6, 6.07) is 0. The van der Waals surface area contributed by atoms with Gasteiger partial charge in [0.1, 0.15) is 13.2 Å². The van der Waals surface area contributed by atoms with E-state index in [4.69, 9.17) is 14.2 Å². The van der Waals surface area contributed by atoms with Crippen molar-refractivity contribution in [1.82, 2.24) is 0 Å². The van der Waals surface area contributed by atoms with Crippen LogP contribution in [0.2, 0.25) is 0 Å². The summed E-state index contributed by atoms with van der Waals surface area (Å²) in [6.45, 7) is 6.68. The Kier molecular flexibility index (Phi) is 61.1. The average Bonchev–Trinajstić information content (AvgIpc) is 3.40. The fourth-order valence-electron chi connectivity index (χ4n) is 9.98. The van der Waals surface area contributed by atoms with Crippen molar-refractivity contribution in [2.45, 2.75) is 367 Å². The maximum atomic E-state index is 12.9. The number of hydrogen-bond acceptors (Lipinski definition) is 6. The number of allylic oxidation sites excluding steroid dienone is 6. The van der Waals surface area contributed by atoms with Gasteiger partial charge in [-0.15, -0.1) is 0 Å². The molecule has 0 spiro atoms. The van der Waals surface area contributed by atoms with E-state index in [2.05, 4.69) is 57.2 Å². The van der Waals surface area contributed by atoms with E-state index in [0.29, 0.717) is 19.3 Å². The lowest BCUT2D eigenvalue weighted by molar-refractivity contribution is -0.167. The van der Waals surface area contributed by atoms with Crippen LogP contribution in [0.15, 0.2) is 36.5 Å². The van der Waals surface area contributed by atoms with E-state index in [1.54, 1.807) is 0 Å². The van der Waals surface area contributed by atoms with Crippen LogP contribution in [-0.2, 0) is 28.6 Å². The second-order valence-electron chi connectivity index (χ2n) is 22.5. The van der Waals surface area contributed by atoms with Gasteiger partial charge < -0.3 is 14.2 Å². The minimum Gasteiger partial charge on any atom is -0.462 e. The lowest BCUT2D eigenvalue weighted by Crippen LogP contribution is -2.30. The second-order valence-corrected chi connectivity index (χ2v) is 22.5. The summed E-state index contributed by atoms with van der Waals surface area (Å²) < 4.78 is 17.0. The fraction of sp³-hybridized carbons (Fsp3) is 0.868. The van der Waals surface area contributed by atoms with Crippen LogP contribution in [0.25, 0.3) is 0 Å². The predicted octanol–water partition coefficient (Wildman–Crippen LogP) is 22.4. The molecular weight excluding hydrogens is 913 g/mol. The van der Waals surface area contributed by atoms with Crippen molar-refractivity contribution in [2.24, 2.45) is 0 Å². The van der Waals surface area contributed by atoms with Gasteiger partial charge in [0.15, 0.2) is 6.10 Å². The molecule has 0 saturated carbocycles. The first-order valence-electron chi connectivity index (χ1n) is 33.0. The maximum Gasteiger partial charge on any atom is 0.306 e. The van der Waals surface area contributed by atoms with Gasteiger partial charge in [-0.3, -0.25) is 14.4 Å². The van der Waals surface area contributed by atoms with Crippen molar-refractivity contribution in [3.8, 4) is 0 Å². The second kappa shape index (κ2) is 63.2. The average molecular weight is 1040 g/mol. The molecule has 0 saturated heterocycles. The van der Waals surface area contributed by atoms with Crippen LogP contribution in [-0.4, -0.2) is 37.2 Å². The first kappa shape index (κ1) is 71.6. The summed E-state index contributed by atoms with van der Waals surface area (Å²) in [6.07, 6.45) is 77.2. The van der Waals surface area contributed by atoms with E-state index in [1.807, 2.05) is 0 Å². The summed E-state index contributed by atoms with van der Waals surface area (Å²) in [4.78, 5) is 38.4. The largest absolute Gasteiger partial charge is 0.462 e. The normalized spacial score (nSPS) is 12.2. The van der Waals surface area contributed by atoms with Gasteiger partial charge in [0.05, 0.1) is 0 Å². The highest BCUT2D eigenvalue weighted by molar-refractivity contribution is 5.71. The number of esters is 3. The summed E-state index contributed by atoms with van der Waals surface area (Å²) in [7, 11) is 0. The Hall–Kier alpha value is -2.37. The summed E-state index contributed by atoms with van der Waals surface area (Å²) >= 11 is 0. The molecule has 1 atom stereocenters. The molecule has 0 aromatic heterocycles. The molecule has 0 fully saturated rings. The van der Waals surface area contributed by atoms with E-state index < -0.39 is 6.10 Å². The highest BCUT2D eigenvalue weighted by atomic mass is 16.6. The first-order chi connectivity index (χ1) is 36.5. The van der Waals surface area contributed by atoms with Crippen molar-refractivity contribution >= 4 is 17.9 Å². The Morgan fingerprint density at radius 3 is 0.743 bits per heavy atom. The zero-order valence-corrected chi connectivity index (χ0v) is 49.9.